The maximum Gasteiger partial charge on any atom is 0.211 e. The highest BCUT2D eigenvalue weighted by molar-refractivity contribution is 7.88. The van der Waals surface area contributed by atoms with Crippen LogP contribution in [0.25, 0.3) is 22.6 Å². The summed E-state index contributed by atoms with van der Waals surface area (Å²) in [5.41, 5.74) is 2.16. The predicted molar refractivity (Wildman–Crippen MR) is 161 cm³/mol. The Kier molecular flexibility index (Phi) is 8.92. The van der Waals surface area contributed by atoms with E-state index in [0.717, 1.165) is 24.4 Å². The van der Waals surface area contributed by atoms with Crippen LogP contribution in [0, 0.1) is 10.8 Å². The van der Waals surface area contributed by atoms with Crippen molar-refractivity contribution in [2.45, 2.75) is 52.3 Å². The monoisotopic (exact) mass is 600 g/mol. The number of sulfonamides is 1. The number of hydrogen-bond donors (Lipinski definition) is 3. The molecule has 0 aromatic carbocycles. The molecule has 0 spiro atoms. The van der Waals surface area contributed by atoms with Crippen molar-refractivity contribution in [2.24, 2.45) is 0 Å². The lowest BCUT2D eigenvalue weighted by molar-refractivity contribution is 0.0735. The van der Waals surface area contributed by atoms with Gasteiger partial charge in [-0.25, -0.2) is 27.7 Å². The van der Waals surface area contributed by atoms with Crippen molar-refractivity contribution in [3.63, 3.8) is 0 Å². The first-order chi connectivity index (χ1) is 20.0. The molecule has 2 aliphatic rings. The van der Waals surface area contributed by atoms with E-state index in [1.54, 1.807) is 19.3 Å². The Hall–Kier alpha value is -3.40. The predicted octanol–water partition coefficient (Wildman–Crippen LogP) is 1.72. The molecule has 5 heterocycles. The summed E-state index contributed by atoms with van der Waals surface area (Å²) in [6.07, 6.45) is 5.90. The number of fused-ring (bicyclic) bond motifs is 1. The maximum absolute atomic E-state index is 12.0. The van der Waals surface area contributed by atoms with Crippen molar-refractivity contribution < 1.29 is 17.9 Å². The average molecular weight is 601 g/mol. The number of pyridine rings is 1. The third-order valence-corrected chi connectivity index (χ3v) is 8.83. The smallest absolute Gasteiger partial charge is 0.211 e. The summed E-state index contributed by atoms with van der Waals surface area (Å²) in [6.45, 7) is 10.2. The van der Waals surface area contributed by atoms with Gasteiger partial charge in [0.25, 0.3) is 0 Å². The Morgan fingerprint density at radius 1 is 1.19 bits per heavy atom. The molecule has 0 saturated carbocycles. The van der Waals surface area contributed by atoms with Gasteiger partial charge in [0.15, 0.2) is 17.1 Å². The van der Waals surface area contributed by atoms with Crippen molar-refractivity contribution >= 4 is 38.5 Å². The number of morpholine rings is 1. The molecule has 0 atom stereocenters. The number of imidazole rings is 1. The van der Waals surface area contributed by atoms with Crippen LogP contribution in [0.4, 0.5) is 11.6 Å². The molecule has 5 rings (SSSR count). The van der Waals surface area contributed by atoms with Crippen molar-refractivity contribution in [3.8, 4) is 11.5 Å². The van der Waals surface area contributed by atoms with Crippen molar-refractivity contribution in [1.29, 1.82) is 10.8 Å². The molecule has 2 aliphatic heterocycles. The highest BCUT2D eigenvalue weighted by Crippen LogP contribution is 2.27. The molecular formula is C27H40N10O4S. The largest absolute Gasteiger partial charge is 0.378 e. The van der Waals surface area contributed by atoms with Crippen LogP contribution in [0.2, 0.25) is 0 Å². The number of nitrogens with one attached hydrogen (secondary N) is 3. The van der Waals surface area contributed by atoms with Crippen molar-refractivity contribution in [1.82, 2.24) is 28.4 Å². The van der Waals surface area contributed by atoms with Gasteiger partial charge in [0, 0.05) is 51.0 Å². The first-order valence-corrected chi connectivity index (χ1v) is 16.1. The Morgan fingerprint density at radius 2 is 1.90 bits per heavy atom. The van der Waals surface area contributed by atoms with E-state index in [-0.39, 0.29) is 23.5 Å². The summed E-state index contributed by atoms with van der Waals surface area (Å²) in [4.78, 5) is 16.6. The highest BCUT2D eigenvalue weighted by Gasteiger charge is 2.26. The standard InChI is InChI=1S/C27H40N10O4S/c1-18(2)41-14-11-36-23-15-24(34-9-12-40-13-10-34)30-16-21(23)33-27(36)22-17-37(19(3)28)25(29)26(32-22)31-20-5-7-35(8-6-20)42(4,38)39/h15-18,20,28-29H,5-14H2,1-4H3,(H,31,32). The fourth-order valence-electron chi connectivity index (χ4n) is 5.29. The van der Waals surface area contributed by atoms with E-state index in [1.807, 2.05) is 19.9 Å². The van der Waals surface area contributed by atoms with Gasteiger partial charge in [-0.05, 0) is 33.6 Å². The van der Waals surface area contributed by atoms with Gasteiger partial charge >= 0.3 is 0 Å². The van der Waals surface area contributed by atoms with Crippen LogP contribution < -0.4 is 15.7 Å². The minimum atomic E-state index is -3.25. The number of nitrogens with zero attached hydrogens (tertiary/aromatic N) is 7. The van der Waals surface area contributed by atoms with Gasteiger partial charge in [-0.2, -0.15) is 0 Å². The van der Waals surface area contributed by atoms with Gasteiger partial charge < -0.3 is 24.3 Å². The number of rotatable bonds is 9. The summed E-state index contributed by atoms with van der Waals surface area (Å²) in [5, 5.41) is 20.5. The molecule has 228 valence electrons. The van der Waals surface area contributed by atoms with Crippen LogP contribution in [0.1, 0.15) is 33.6 Å². The van der Waals surface area contributed by atoms with Crippen LogP contribution in [0.5, 0.6) is 0 Å². The summed E-state index contributed by atoms with van der Waals surface area (Å²) in [5.74, 6) is 1.93. The number of ether oxygens (including phenoxy) is 2. The third-order valence-electron chi connectivity index (χ3n) is 7.52. The molecule has 15 heteroatoms. The van der Waals surface area contributed by atoms with E-state index in [0.29, 0.717) is 75.1 Å². The van der Waals surface area contributed by atoms with Gasteiger partial charge in [0.2, 0.25) is 10.0 Å². The Morgan fingerprint density at radius 3 is 2.55 bits per heavy atom. The number of hydrogen-bond acceptors (Lipinski definition) is 11. The molecule has 2 fully saturated rings. The quantitative estimate of drug-likeness (QED) is 0.245. The lowest BCUT2D eigenvalue weighted by Gasteiger charge is -2.31. The lowest BCUT2D eigenvalue weighted by Crippen LogP contribution is -2.43. The number of piperidine rings is 1. The second-order valence-corrected chi connectivity index (χ2v) is 13.0. The maximum atomic E-state index is 12.0. The molecule has 0 radical (unpaired) electrons. The van der Waals surface area contributed by atoms with E-state index in [1.165, 1.54) is 15.1 Å². The molecule has 0 bridgehead atoms. The van der Waals surface area contributed by atoms with E-state index in [2.05, 4.69) is 19.8 Å². The van der Waals surface area contributed by atoms with Gasteiger partial charge in [-0.15, -0.1) is 0 Å². The van der Waals surface area contributed by atoms with Crippen molar-refractivity contribution in [2.75, 3.05) is 62.5 Å². The zero-order chi connectivity index (χ0) is 30.0. The Balaban J connectivity index is 1.54. The molecule has 0 aliphatic carbocycles. The van der Waals surface area contributed by atoms with Crippen LogP contribution in [-0.2, 0) is 26.0 Å². The Labute approximate surface area is 245 Å². The summed E-state index contributed by atoms with van der Waals surface area (Å²) in [7, 11) is -3.25. The first kappa shape index (κ1) is 30.1. The second kappa shape index (κ2) is 12.5. The van der Waals surface area contributed by atoms with Crippen molar-refractivity contribution in [3.05, 3.63) is 23.9 Å². The van der Waals surface area contributed by atoms with Gasteiger partial charge in [-0.3, -0.25) is 15.4 Å². The molecule has 0 amide bonds. The molecule has 42 heavy (non-hydrogen) atoms. The normalized spacial score (nSPS) is 17.3. The van der Waals surface area contributed by atoms with E-state index in [4.69, 9.17) is 30.3 Å². The van der Waals surface area contributed by atoms with E-state index >= 15 is 0 Å². The van der Waals surface area contributed by atoms with Gasteiger partial charge in [0.1, 0.15) is 22.9 Å². The molecule has 3 aromatic heterocycles. The van der Waals surface area contributed by atoms with Crippen LogP contribution in [0.3, 0.4) is 0 Å². The fourth-order valence-corrected chi connectivity index (χ4v) is 6.16. The number of aromatic nitrogens is 5. The van der Waals surface area contributed by atoms with Gasteiger partial charge in [-0.1, -0.05) is 0 Å². The second-order valence-electron chi connectivity index (χ2n) is 11.0. The van der Waals surface area contributed by atoms with E-state index < -0.39 is 10.0 Å². The molecule has 3 N–H and O–H groups in total. The average Bonchev–Trinajstić information content (AvgIpc) is 3.32. The Bertz CT molecular complexity index is 1600. The molecular weight excluding hydrogens is 560 g/mol. The fraction of sp³-hybridized carbons (Fsp3) is 0.593. The molecule has 14 nitrogen and oxygen atoms in total. The lowest BCUT2D eigenvalue weighted by atomic mass is 10.1. The SMILES string of the molecule is CC(=N)n1cc(-c2nc3cnc(N4CCOCC4)cc3n2CCOC(C)C)nc(NC2CCN(S(C)(=O)=O)CC2)c1=N. The van der Waals surface area contributed by atoms with E-state index in [9.17, 15) is 8.42 Å². The van der Waals surface area contributed by atoms with Crippen LogP contribution in [-0.4, -0.2) is 107 Å². The summed E-state index contributed by atoms with van der Waals surface area (Å²) >= 11 is 0. The first-order valence-electron chi connectivity index (χ1n) is 14.3. The van der Waals surface area contributed by atoms with Crippen LogP contribution in [0.15, 0.2) is 18.5 Å². The minimum absolute atomic E-state index is 0.0545. The third kappa shape index (κ3) is 6.64. The van der Waals surface area contributed by atoms with Crippen LogP contribution >= 0.6 is 0 Å². The topological polar surface area (TPSA) is 167 Å². The number of anilines is 2. The molecule has 3 aromatic rings. The highest BCUT2D eigenvalue weighted by atomic mass is 32.2. The molecule has 0 unspecified atom stereocenters. The minimum Gasteiger partial charge on any atom is -0.378 e. The summed E-state index contributed by atoms with van der Waals surface area (Å²) in [6, 6.07) is 1.98. The zero-order valence-electron chi connectivity index (χ0n) is 24.6. The summed E-state index contributed by atoms with van der Waals surface area (Å²) < 4.78 is 40.3. The van der Waals surface area contributed by atoms with Gasteiger partial charge in [0.05, 0.1) is 43.9 Å². The zero-order valence-corrected chi connectivity index (χ0v) is 25.4. The molecule has 2 saturated heterocycles.